The Hall–Kier alpha value is -1.87. The van der Waals surface area contributed by atoms with Gasteiger partial charge in [0.05, 0.1) is 11.5 Å². The predicted molar refractivity (Wildman–Crippen MR) is 79.7 cm³/mol. The van der Waals surface area contributed by atoms with E-state index in [0.717, 1.165) is 21.9 Å². The van der Waals surface area contributed by atoms with Gasteiger partial charge in [0.25, 0.3) is 0 Å². The monoisotopic (exact) mass is 272 g/mol. The molecule has 20 heavy (non-hydrogen) atoms. The van der Waals surface area contributed by atoms with E-state index >= 15 is 0 Å². The van der Waals surface area contributed by atoms with Crippen molar-refractivity contribution in [3.05, 3.63) is 47.5 Å². The van der Waals surface area contributed by atoms with Gasteiger partial charge in [0.2, 0.25) is 0 Å². The maximum atomic E-state index is 11.2. The Kier molecular flexibility index (Phi) is 3.82. The molecule has 0 aliphatic carbocycles. The van der Waals surface area contributed by atoms with E-state index in [1.54, 1.807) is 13.8 Å². The summed E-state index contributed by atoms with van der Waals surface area (Å²) in [6.45, 7) is 5.22. The molecule has 0 heterocycles. The molecule has 0 radical (unpaired) electrons. The van der Waals surface area contributed by atoms with E-state index in [0.29, 0.717) is 0 Å². The van der Waals surface area contributed by atoms with Crippen LogP contribution in [-0.4, -0.2) is 16.2 Å². The van der Waals surface area contributed by atoms with Crippen LogP contribution in [0.15, 0.2) is 36.4 Å². The molecule has 0 saturated carbocycles. The molecule has 106 valence electrons. The van der Waals surface area contributed by atoms with Gasteiger partial charge < -0.3 is 10.2 Å². The zero-order chi connectivity index (χ0) is 14.9. The zero-order valence-corrected chi connectivity index (χ0v) is 12.1. The molecule has 1 unspecified atom stereocenters. The summed E-state index contributed by atoms with van der Waals surface area (Å²) in [6.07, 6.45) is -0.593. The van der Waals surface area contributed by atoms with Crippen LogP contribution < -0.4 is 0 Å². The number of hydrogen-bond donors (Lipinski definition) is 2. The number of aliphatic hydroxyl groups excluding tert-OH is 1. The first-order chi connectivity index (χ1) is 9.33. The van der Waals surface area contributed by atoms with Crippen LogP contribution in [0.2, 0.25) is 0 Å². The predicted octanol–water partition coefficient (Wildman–Crippen LogP) is 3.68. The van der Waals surface area contributed by atoms with Gasteiger partial charge in [0.1, 0.15) is 0 Å². The number of aliphatic carboxylic acids is 1. The summed E-state index contributed by atoms with van der Waals surface area (Å²) < 4.78 is 0. The average molecular weight is 272 g/mol. The van der Waals surface area contributed by atoms with Crippen LogP contribution in [-0.2, 0) is 4.79 Å². The van der Waals surface area contributed by atoms with E-state index in [-0.39, 0.29) is 6.42 Å². The summed E-state index contributed by atoms with van der Waals surface area (Å²) in [5.41, 5.74) is 0.859. The van der Waals surface area contributed by atoms with Crippen molar-refractivity contribution in [2.24, 2.45) is 5.41 Å². The van der Waals surface area contributed by atoms with E-state index in [1.807, 2.05) is 43.3 Å². The highest BCUT2D eigenvalue weighted by atomic mass is 16.4. The van der Waals surface area contributed by atoms with E-state index in [1.165, 1.54) is 0 Å². The van der Waals surface area contributed by atoms with Gasteiger partial charge in [0.15, 0.2) is 0 Å². The molecule has 0 fully saturated rings. The van der Waals surface area contributed by atoms with Crippen molar-refractivity contribution in [1.29, 1.82) is 0 Å². The van der Waals surface area contributed by atoms with E-state index < -0.39 is 17.5 Å². The SMILES string of the molecule is Cc1ccc2ccccc2c1C(O)CC(C)(C)C(=O)O. The first-order valence-corrected chi connectivity index (χ1v) is 6.72. The van der Waals surface area contributed by atoms with Crippen LogP contribution in [0.25, 0.3) is 10.8 Å². The molecule has 1 atom stereocenters. The number of carboxylic acids is 1. The van der Waals surface area contributed by atoms with E-state index in [4.69, 9.17) is 0 Å². The molecule has 2 rings (SSSR count). The van der Waals surface area contributed by atoms with Crippen LogP contribution in [0.4, 0.5) is 0 Å². The highest BCUT2D eigenvalue weighted by molar-refractivity contribution is 5.87. The van der Waals surface area contributed by atoms with Gasteiger partial charge in [-0.2, -0.15) is 0 Å². The number of aryl methyl sites for hydroxylation is 1. The summed E-state index contributed by atoms with van der Waals surface area (Å²) in [4.78, 5) is 11.2. The highest BCUT2D eigenvalue weighted by Crippen LogP contribution is 2.35. The second-order valence-electron chi connectivity index (χ2n) is 5.93. The number of carboxylic acid groups (broad SMARTS) is 1. The Balaban J connectivity index is 2.47. The third-order valence-corrected chi connectivity index (χ3v) is 3.80. The minimum atomic E-state index is -0.956. The fraction of sp³-hybridized carbons (Fsp3) is 0.353. The zero-order valence-electron chi connectivity index (χ0n) is 12.1. The average Bonchev–Trinajstić information content (AvgIpc) is 2.37. The fourth-order valence-corrected chi connectivity index (χ4v) is 2.52. The molecule has 0 bridgehead atoms. The van der Waals surface area contributed by atoms with Gasteiger partial charge in [-0.3, -0.25) is 4.79 Å². The number of hydrogen-bond acceptors (Lipinski definition) is 2. The molecule has 0 spiro atoms. The van der Waals surface area contributed by atoms with Crippen LogP contribution in [0.1, 0.15) is 37.5 Å². The molecular weight excluding hydrogens is 252 g/mol. The lowest BCUT2D eigenvalue weighted by atomic mass is 9.83. The van der Waals surface area contributed by atoms with Crippen LogP contribution in [0, 0.1) is 12.3 Å². The third kappa shape index (κ3) is 2.68. The molecule has 2 aromatic rings. The smallest absolute Gasteiger partial charge is 0.309 e. The maximum absolute atomic E-state index is 11.2. The topological polar surface area (TPSA) is 57.5 Å². The van der Waals surface area contributed by atoms with Crippen LogP contribution in [0.5, 0.6) is 0 Å². The second-order valence-corrected chi connectivity index (χ2v) is 5.93. The summed E-state index contributed by atoms with van der Waals surface area (Å²) in [5, 5.41) is 21.8. The number of aliphatic hydroxyl groups is 1. The van der Waals surface area contributed by atoms with Crippen molar-refractivity contribution in [2.75, 3.05) is 0 Å². The Morgan fingerprint density at radius 3 is 2.50 bits per heavy atom. The van der Waals surface area contributed by atoms with Crippen molar-refractivity contribution in [3.8, 4) is 0 Å². The van der Waals surface area contributed by atoms with Crippen molar-refractivity contribution in [3.63, 3.8) is 0 Å². The van der Waals surface area contributed by atoms with Gasteiger partial charge in [-0.25, -0.2) is 0 Å². The highest BCUT2D eigenvalue weighted by Gasteiger charge is 2.31. The molecular formula is C17H20O3. The van der Waals surface area contributed by atoms with Gasteiger partial charge in [-0.05, 0) is 49.1 Å². The Morgan fingerprint density at radius 2 is 1.85 bits per heavy atom. The summed E-state index contributed by atoms with van der Waals surface area (Å²) >= 11 is 0. The van der Waals surface area contributed by atoms with Crippen LogP contribution in [0.3, 0.4) is 0 Å². The summed E-state index contributed by atoms with van der Waals surface area (Å²) in [5.74, 6) is -0.894. The minimum Gasteiger partial charge on any atom is -0.481 e. The Morgan fingerprint density at radius 1 is 1.20 bits per heavy atom. The lowest BCUT2D eigenvalue weighted by molar-refractivity contribution is -0.148. The first kappa shape index (κ1) is 14.5. The van der Waals surface area contributed by atoms with Crippen LogP contribution >= 0.6 is 0 Å². The van der Waals surface area contributed by atoms with E-state index in [9.17, 15) is 15.0 Å². The van der Waals surface area contributed by atoms with Gasteiger partial charge in [0, 0.05) is 0 Å². The number of benzene rings is 2. The quantitative estimate of drug-likeness (QED) is 0.892. The molecule has 2 N–H and O–H groups in total. The van der Waals surface area contributed by atoms with Gasteiger partial charge in [-0.1, -0.05) is 36.4 Å². The normalized spacial score (nSPS) is 13.4. The van der Waals surface area contributed by atoms with E-state index in [2.05, 4.69) is 0 Å². The largest absolute Gasteiger partial charge is 0.481 e. The van der Waals surface area contributed by atoms with Crippen molar-refractivity contribution < 1.29 is 15.0 Å². The second kappa shape index (κ2) is 5.25. The molecule has 0 aliphatic rings. The first-order valence-electron chi connectivity index (χ1n) is 6.72. The molecule has 0 amide bonds. The molecule has 0 aromatic heterocycles. The summed E-state index contributed by atoms with van der Waals surface area (Å²) in [7, 11) is 0. The lowest BCUT2D eigenvalue weighted by Crippen LogP contribution is -2.26. The minimum absolute atomic E-state index is 0.192. The molecule has 0 saturated heterocycles. The van der Waals surface area contributed by atoms with Gasteiger partial charge >= 0.3 is 5.97 Å². The van der Waals surface area contributed by atoms with Crippen molar-refractivity contribution in [2.45, 2.75) is 33.3 Å². The Bertz CT molecular complexity index is 644. The van der Waals surface area contributed by atoms with Gasteiger partial charge in [-0.15, -0.1) is 0 Å². The maximum Gasteiger partial charge on any atom is 0.309 e. The molecule has 3 nitrogen and oxygen atoms in total. The standard InChI is InChI=1S/C17H20O3/c1-11-8-9-12-6-4-5-7-13(12)15(11)14(18)10-17(2,3)16(19)20/h4-9,14,18H,10H2,1-3H3,(H,19,20). The third-order valence-electron chi connectivity index (χ3n) is 3.80. The lowest BCUT2D eigenvalue weighted by Gasteiger charge is -2.24. The van der Waals surface area contributed by atoms with Crippen molar-refractivity contribution >= 4 is 16.7 Å². The number of carbonyl (C=O) groups is 1. The molecule has 3 heteroatoms. The fourth-order valence-electron chi connectivity index (χ4n) is 2.52. The number of rotatable bonds is 4. The number of fused-ring (bicyclic) bond motifs is 1. The Labute approximate surface area is 118 Å². The molecule has 0 aliphatic heterocycles. The summed E-state index contributed by atoms with van der Waals surface area (Å²) in [6, 6.07) is 11.8. The van der Waals surface area contributed by atoms with Crippen molar-refractivity contribution in [1.82, 2.24) is 0 Å². The molecule has 2 aromatic carbocycles.